The van der Waals surface area contributed by atoms with Crippen LogP contribution >= 0.6 is 23.5 Å². The van der Waals surface area contributed by atoms with Gasteiger partial charge < -0.3 is 15.7 Å². The fourth-order valence-electron chi connectivity index (χ4n) is 2.46. The molecule has 1 aromatic rings. The van der Waals surface area contributed by atoms with Gasteiger partial charge in [-0.3, -0.25) is 14.6 Å². The molecule has 2 saturated heterocycles. The molecule has 0 spiro atoms. The van der Waals surface area contributed by atoms with Crippen LogP contribution in [0.25, 0.3) is 0 Å². The van der Waals surface area contributed by atoms with Crippen molar-refractivity contribution in [2.24, 2.45) is 11.1 Å². The summed E-state index contributed by atoms with van der Waals surface area (Å²) in [6.07, 6.45) is 3.39. The van der Waals surface area contributed by atoms with E-state index in [-0.39, 0.29) is 17.8 Å². The van der Waals surface area contributed by atoms with Crippen LogP contribution in [0.1, 0.15) is 0 Å². The van der Waals surface area contributed by atoms with E-state index >= 15 is 0 Å². The maximum Gasteiger partial charge on any atom is 0.313 e. The van der Waals surface area contributed by atoms with E-state index in [1.807, 2.05) is 12.1 Å². The summed E-state index contributed by atoms with van der Waals surface area (Å²) in [5, 5.41) is 9.57. The minimum Gasteiger partial charge on any atom is -0.481 e. The van der Waals surface area contributed by atoms with Crippen LogP contribution in [0, 0.1) is 5.41 Å². The maximum absolute atomic E-state index is 11.8. The van der Waals surface area contributed by atoms with Crippen molar-refractivity contribution >= 4 is 35.4 Å². The Morgan fingerprint density at radius 3 is 3.14 bits per heavy atom. The van der Waals surface area contributed by atoms with Crippen LogP contribution in [0.2, 0.25) is 0 Å². The van der Waals surface area contributed by atoms with Gasteiger partial charge in [0, 0.05) is 35.3 Å². The molecule has 112 valence electrons. The van der Waals surface area contributed by atoms with Crippen LogP contribution in [0.3, 0.4) is 0 Å². The lowest BCUT2D eigenvalue weighted by atomic mass is 9.89. The Labute approximate surface area is 130 Å². The molecule has 2 aliphatic heterocycles. The fraction of sp³-hybridized carbons (Fsp3) is 0.462. The lowest BCUT2D eigenvalue weighted by Gasteiger charge is -2.52. The summed E-state index contributed by atoms with van der Waals surface area (Å²) >= 11 is 2.92. The van der Waals surface area contributed by atoms with Crippen molar-refractivity contribution < 1.29 is 14.7 Å². The zero-order chi connectivity index (χ0) is 15.0. The summed E-state index contributed by atoms with van der Waals surface area (Å²) < 4.78 is 0. The van der Waals surface area contributed by atoms with E-state index in [0.717, 1.165) is 4.90 Å². The molecular formula is C13H15N3O3S2. The molecule has 2 fully saturated rings. The molecule has 0 bridgehead atoms. The molecule has 1 aromatic heterocycles. The van der Waals surface area contributed by atoms with E-state index < -0.39 is 17.4 Å². The van der Waals surface area contributed by atoms with Crippen LogP contribution in [-0.2, 0) is 9.59 Å². The largest absolute Gasteiger partial charge is 0.481 e. The van der Waals surface area contributed by atoms with Crippen molar-refractivity contribution in [2.45, 2.75) is 16.3 Å². The topological polar surface area (TPSA) is 96.5 Å². The number of nitrogens with two attached hydrogens (primary N) is 1. The van der Waals surface area contributed by atoms with Crippen molar-refractivity contribution in [1.82, 2.24) is 9.88 Å². The number of aromatic nitrogens is 1. The standard InChI is InChI=1S/C13H15N3O3S2/c14-9-10(17)16-5-13(12(18)19,7-21-11(9)16)6-20-8-2-1-3-15-4-8/h1-4,9,11H,5-7,14H2,(H,18,19)/t9?,11-,13?/m1/s1. The highest BCUT2D eigenvalue weighted by Crippen LogP contribution is 2.43. The predicted octanol–water partition coefficient (Wildman–Crippen LogP) is 0.487. The number of amides is 1. The number of thioether (sulfide) groups is 2. The van der Waals surface area contributed by atoms with Gasteiger partial charge in [0.15, 0.2) is 0 Å². The van der Waals surface area contributed by atoms with E-state index in [1.54, 1.807) is 17.3 Å². The molecule has 3 atom stereocenters. The van der Waals surface area contributed by atoms with Crippen LogP contribution < -0.4 is 5.73 Å². The molecule has 2 aliphatic rings. The van der Waals surface area contributed by atoms with Gasteiger partial charge in [0.05, 0.1) is 0 Å². The smallest absolute Gasteiger partial charge is 0.313 e. The summed E-state index contributed by atoms with van der Waals surface area (Å²) in [4.78, 5) is 30.1. The number of carboxylic acid groups (broad SMARTS) is 1. The molecule has 0 aromatic carbocycles. The average Bonchev–Trinajstić information content (AvgIpc) is 2.52. The van der Waals surface area contributed by atoms with Crippen molar-refractivity contribution in [3.63, 3.8) is 0 Å². The number of β-lactam (4-membered cyclic amide) rings is 1. The molecule has 3 rings (SSSR count). The highest BCUT2D eigenvalue weighted by Gasteiger charge is 2.55. The van der Waals surface area contributed by atoms with Gasteiger partial charge in [0.25, 0.3) is 0 Å². The molecule has 21 heavy (non-hydrogen) atoms. The first kappa shape index (κ1) is 14.7. The second-order valence-corrected chi connectivity index (χ2v) is 7.41. The van der Waals surface area contributed by atoms with Gasteiger partial charge in [-0.15, -0.1) is 23.5 Å². The van der Waals surface area contributed by atoms with E-state index in [4.69, 9.17) is 5.73 Å². The molecule has 6 nitrogen and oxygen atoms in total. The van der Waals surface area contributed by atoms with Gasteiger partial charge in [0.2, 0.25) is 5.91 Å². The Morgan fingerprint density at radius 2 is 2.48 bits per heavy atom. The summed E-state index contributed by atoms with van der Waals surface area (Å²) in [7, 11) is 0. The summed E-state index contributed by atoms with van der Waals surface area (Å²) in [6, 6.07) is 3.24. The molecule has 1 amide bonds. The lowest BCUT2D eigenvalue weighted by Crippen LogP contribution is -2.72. The number of nitrogens with zero attached hydrogens (tertiary/aromatic N) is 2. The molecule has 2 unspecified atom stereocenters. The Morgan fingerprint density at radius 1 is 1.67 bits per heavy atom. The molecule has 8 heteroatoms. The number of aliphatic carboxylic acids is 1. The average molecular weight is 325 g/mol. The number of carboxylic acids is 1. The summed E-state index contributed by atoms with van der Waals surface area (Å²) in [5.74, 6) is -0.132. The zero-order valence-corrected chi connectivity index (χ0v) is 12.8. The van der Waals surface area contributed by atoms with Crippen LogP contribution in [0.15, 0.2) is 29.4 Å². The second-order valence-electron chi connectivity index (χ2n) is 5.26. The normalized spacial score (nSPS) is 31.5. The van der Waals surface area contributed by atoms with Crippen LogP contribution in [0.5, 0.6) is 0 Å². The van der Waals surface area contributed by atoms with Crippen molar-refractivity contribution in [3.05, 3.63) is 24.5 Å². The Balaban J connectivity index is 1.72. The highest BCUT2D eigenvalue weighted by molar-refractivity contribution is 8.00. The number of pyridine rings is 1. The van der Waals surface area contributed by atoms with Gasteiger partial charge >= 0.3 is 5.97 Å². The van der Waals surface area contributed by atoms with Crippen molar-refractivity contribution in [2.75, 3.05) is 18.1 Å². The monoisotopic (exact) mass is 325 g/mol. The predicted molar refractivity (Wildman–Crippen MR) is 81.0 cm³/mol. The van der Waals surface area contributed by atoms with Crippen molar-refractivity contribution in [3.8, 4) is 0 Å². The summed E-state index contributed by atoms with van der Waals surface area (Å²) in [6.45, 7) is 0.236. The van der Waals surface area contributed by atoms with E-state index in [1.165, 1.54) is 23.5 Å². The third-order valence-corrected chi connectivity index (χ3v) is 6.67. The van der Waals surface area contributed by atoms with E-state index in [9.17, 15) is 14.7 Å². The first-order valence-corrected chi connectivity index (χ1v) is 8.51. The fourth-order valence-corrected chi connectivity index (χ4v) is 5.15. The minimum atomic E-state index is -0.933. The molecule has 3 heterocycles. The molecule has 0 saturated carbocycles. The number of rotatable bonds is 4. The van der Waals surface area contributed by atoms with Gasteiger partial charge in [-0.05, 0) is 12.1 Å². The molecule has 0 aliphatic carbocycles. The first-order chi connectivity index (χ1) is 10.0. The van der Waals surface area contributed by atoms with Crippen molar-refractivity contribution in [1.29, 1.82) is 0 Å². The number of fused-ring (bicyclic) bond motifs is 1. The van der Waals surface area contributed by atoms with Gasteiger partial charge in [-0.25, -0.2) is 0 Å². The third kappa shape index (κ3) is 2.51. The van der Waals surface area contributed by atoms with Crippen LogP contribution in [-0.4, -0.2) is 56.3 Å². The van der Waals surface area contributed by atoms with Crippen LogP contribution in [0.4, 0.5) is 0 Å². The number of carbonyl (C=O) groups excluding carboxylic acids is 1. The van der Waals surface area contributed by atoms with Gasteiger partial charge in [0.1, 0.15) is 16.8 Å². The quantitative estimate of drug-likeness (QED) is 0.614. The zero-order valence-electron chi connectivity index (χ0n) is 11.1. The molecule has 0 radical (unpaired) electrons. The minimum absolute atomic E-state index is 0.0617. The van der Waals surface area contributed by atoms with Gasteiger partial charge in [-0.1, -0.05) is 0 Å². The van der Waals surface area contributed by atoms with Gasteiger partial charge in [-0.2, -0.15) is 0 Å². The molecule has 3 N–H and O–H groups in total. The number of hydrogen-bond donors (Lipinski definition) is 2. The van der Waals surface area contributed by atoms with E-state index in [2.05, 4.69) is 4.98 Å². The van der Waals surface area contributed by atoms with E-state index in [0.29, 0.717) is 11.5 Å². The Bertz CT molecular complexity index is 571. The Hall–Kier alpha value is -1.25. The summed E-state index contributed by atoms with van der Waals surface area (Å²) in [5.41, 5.74) is 4.80. The third-order valence-electron chi connectivity index (χ3n) is 3.79. The maximum atomic E-state index is 11.8. The Kier molecular flexibility index (Phi) is 3.85. The first-order valence-electron chi connectivity index (χ1n) is 6.47. The SMILES string of the molecule is NC1C(=O)N2CC(CSc3cccnc3)(C(=O)O)CS[C@H]12. The lowest BCUT2D eigenvalue weighted by molar-refractivity contribution is -0.155. The second kappa shape index (κ2) is 5.51. The highest BCUT2D eigenvalue weighted by atomic mass is 32.2. The number of carbonyl (C=O) groups is 2. The molecular weight excluding hydrogens is 310 g/mol. The number of hydrogen-bond acceptors (Lipinski definition) is 6.